The van der Waals surface area contributed by atoms with Gasteiger partial charge in [-0.1, -0.05) is 12.1 Å². The molecule has 0 saturated carbocycles. The number of piperidine rings is 1. The van der Waals surface area contributed by atoms with Crippen molar-refractivity contribution in [3.05, 3.63) is 60.4 Å². The monoisotopic (exact) mass is 378 g/mol. The molecule has 1 aliphatic heterocycles. The summed E-state index contributed by atoms with van der Waals surface area (Å²) in [5, 5.41) is 10.1. The fourth-order valence-corrected chi connectivity index (χ4v) is 3.27. The van der Waals surface area contributed by atoms with Gasteiger partial charge in [-0.2, -0.15) is 5.10 Å². The molecule has 2 amide bonds. The van der Waals surface area contributed by atoms with Crippen LogP contribution in [0, 0.1) is 6.92 Å². The lowest BCUT2D eigenvalue weighted by molar-refractivity contribution is 0.193. The number of pyridine rings is 1. The third kappa shape index (κ3) is 4.11. The number of hydrogen-bond acceptors (Lipinski definition) is 5. The second kappa shape index (κ2) is 8.08. The lowest BCUT2D eigenvalue weighted by Gasteiger charge is -2.31. The number of urea groups is 1. The summed E-state index contributed by atoms with van der Waals surface area (Å²) in [6.07, 6.45) is 5.01. The van der Waals surface area contributed by atoms with Crippen LogP contribution in [0.2, 0.25) is 0 Å². The van der Waals surface area contributed by atoms with Gasteiger partial charge in [-0.3, -0.25) is 10.1 Å². The van der Waals surface area contributed by atoms with E-state index in [4.69, 9.17) is 4.74 Å². The van der Waals surface area contributed by atoms with Crippen LogP contribution in [0.3, 0.4) is 0 Å². The van der Waals surface area contributed by atoms with E-state index in [9.17, 15) is 4.79 Å². The van der Waals surface area contributed by atoms with E-state index in [0.717, 1.165) is 24.5 Å². The Morgan fingerprint density at radius 1 is 1.21 bits per heavy atom. The van der Waals surface area contributed by atoms with Gasteiger partial charge in [0.05, 0.1) is 11.9 Å². The molecular weight excluding hydrogens is 356 g/mol. The predicted molar refractivity (Wildman–Crippen MR) is 104 cm³/mol. The normalized spacial score (nSPS) is 14.7. The van der Waals surface area contributed by atoms with Crippen LogP contribution in [-0.4, -0.2) is 44.2 Å². The van der Waals surface area contributed by atoms with Crippen LogP contribution in [0.15, 0.2) is 48.8 Å². The number of rotatable bonds is 4. The maximum atomic E-state index is 12.7. The van der Waals surface area contributed by atoms with E-state index in [0.29, 0.717) is 30.3 Å². The fraction of sp³-hybridized carbons (Fsp3) is 0.300. The summed E-state index contributed by atoms with van der Waals surface area (Å²) in [6.45, 7) is 3.22. The number of carbonyl (C=O) groups excluding carboxylic acids is 1. The van der Waals surface area contributed by atoms with Crippen LogP contribution in [0.25, 0.3) is 0 Å². The standard InChI is InChI=1S/C20H22N6O2/c1-14-22-19(25-24-14)15-8-11-26(12-9-15)20(27)23-17-6-2-3-7-18(17)28-16-5-4-10-21-13-16/h2-7,10,13,15H,8-9,11-12H2,1H3,(H,23,27)(H,22,24,25). The number of likely N-dealkylation sites (tertiary alicyclic amines) is 1. The van der Waals surface area contributed by atoms with Crippen molar-refractivity contribution in [2.45, 2.75) is 25.7 Å². The highest BCUT2D eigenvalue weighted by Gasteiger charge is 2.26. The number of aromatic amines is 1. The Labute approximate surface area is 163 Å². The highest BCUT2D eigenvalue weighted by Crippen LogP contribution is 2.30. The number of aryl methyl sites for hydroxylation is 1. The topological polar surface area (TPSA) is 96.0 Å². The molecule has 1 saturated heterocycles. The van der Waals surface area contributed by atoms with Crippen molar-refractivity contribution >= 4 is 11.7 Å². The van der Waals surface area contributed by atoms with Crippen molar-refractivity contribution in [3.8, 4) is 11.5 Å². The van der Waals surface area contributed by atoms with Gasteiger partial charge in [-0.15, -0.1) is 0 Å². The maximum Gasteiger partial charge on any atom is 0.321 e. The van der Waals surface area contributed by atoms with E-state index in [1.54, 1.807) is 18.5 Å². The number of benzene rings is 1. The van der Waals surface area contributed by atoms with Gasteiger partial charge in [0.2, 0.25) is 0 Å². The summed E-state index contributed by atoms with van der Waals surface area (Å²) in [5.41, 5.74) is 0.628. The van der Waals surface area contributed by atoms with Crippen LogP contribution >= 0.6 is 0 Å². The summed E-state index contributed by atoms with van der Waals surface area (Å²) in [6, 6.07) is 10.9. The Hall–Kier alpha value is -3.42. The SMILES string of the molecule is Cc1nc(C2CCN(C(=O)Nc3ccccc3Oc3cccnc3)CC2)n[nH]1. The highest BCUT2D eigenvalue weighted by atomic mass is 16.5. The number of carbonyl (C=O) groups is 1. The zero-order valence-electron chi connectivity index (χ0n) is 15.6. The minimum absolute atomic E-state index is 0.133. The van der Waals surface area contributed by atoms with Gasteiger partial charge in [0.15, 0.2) is 11.6 Å². The first-order valence-corrected chi connectivity index (χ1v) is 9.31. The Morgan fingerprint density at radius 3 is 2.75 bits per heavy atom. The highest BCUT2D eigenvalue weighted by molar-refractivity contribution is 5.91. The molecule has 0 bridgehead atoms. The van der Waals surface area contributed by atoms with E-state index in [1.807, 2.05) is 42.2 Å². The molecule has 144 valence electrons. The van der Waals surface area contributed by atoms with Gasteiger partial charge in [0, 0.05) is 25.2 Å². The van der Waals surface area contributed by atoms with Crippen LogP contribution in [0.1, 0.15) is 30.4 Å². The summed E-state index contributed by atoms with van der Waals surface area (Å²) in [7, 11) is 0. The molecule has 0 unspecified atom stereocenters. The molecule has 2 N–H and O–H groups in total. The lowest BCUT2D eigenvalue weighted by Crippen LogP contribution is -2.40. The first-order valence-electron chi connectivity index (χ1n) is 9.31. The molecule has 8 nitrogen and oxygen atoms in total. The number of H-pyrrole nitrogens is 1. The van der Waals surface area contributed by atoms with Crippen molar-refractivity contribution in [2.24, 2.45) is 0 Å². The molecule has 1 aliphatic rings. The smallest absolute Gasteiger partial charge is 0.321 e. The summed E-state index contributed by atoms with van der Waals surface area (Å²) in [5.74, 6) is 3.14. The number of nitrogens with one attached hydrogen (secondary N) is 2. The van der Waals surface area contributed by atoms with E-state index >= 15 is 0 Å². The van der Waals surface area contributed by atoms with Crippen LogP contribution in [-0.2, 0) is 0 Å². The molecule has 0 atom stereocenters. The number of anilines is 1. The number of nitrogens with zero attached hydrogens (tertiary/aromatic N) is 4. The van der Waals surface area contributed by atoms with Crippen LogP contribution < -0.4 is 10.1 Å². The van der Waals surface area contributed by atoms with Gasteiger partial charge < -0.3 is 15.0 Å². The number of amides is 2. The molecule has 28 heavy (non-hydrogen) atoms. The van der Waals surface area contributed by atoms with E-state index in [2.05, 4.69) is 25.5 Å². The van der Waals surface area contributed by atoms with E-state index in [1.165, 1.54) is 0 Å². The second-order valence-corrected chi connectivity index (χ2v) is 6.76. The fourth-order valence-electron chi connectivity index (χ4n) is 3.27. The van der Waals surface area contributed by atoms with Crippen molar-refractivity contribution in [3.63, 3.8) is 0 Å². The van der Waals surface area contributed by atoms with E-state index < -0.39 is 0 Å². The molecule has 3 aromatic rings. The second-order valence-electron chi connectivity index (χ2n) is 6.76. The average molecular weight is 378 g/mol. The molecular formula is C20H22N6O2. The first kappa shape index (κ1) is 18.0. The Balaban J connectivity index is 1.38. The quantitative estimate of drug-likeness (QED) is 0.721. The van der Waals surface area contributed by atoms with Gasteiger partial charge >= 0.3 is 6.03 Å². The predicted octanol–water partition coefficient (Wildman–Crippen LogP) is 3.71. The van der Waals surface area contributed by atoms with Gasteiger partial charge in [-0.05, 0) is 44.0 Å². The number of hydrogen-bond donors (Lipinski definition) is 2. The minimum Gasteiger partial charge on any atom is -0.454 e. The summed E-state index contributed by atoms with van der Waals surface area (Å²) < 4.78 is 5.86. The number of ether oxygens (including phenoxy) is 1. The Kier molecular flexibility index (Phi) is 5.18. The number of para-hydroxylation sites is 2. The average Bonchev–Trinajstić information content (AvgIpc) is 3.17. The summed E-state index contributed by atoms with van der Waals surface area (Å²) >= 11 is 0. The first-order chi connectivity index (χ1) is 13.7. The third-order valence-corrected chi connectivity index (χ3v) is 4.75. The molecule has 8 heteroatoms. The minimum atomic E-state index is -0.133. The zero-order chi connectivity index (χ0) is 19.3. The largest absolute Gasteiger partial charge is 0.454 e. The molecule has 3 heterocycles. The van der Waals surface area contributed by atoms with Crippen molar-refractivity contribution < 1.29 is 9.53 Å². The van der Waals surface area contributed by atoms with Gasteiger partial charge in [-0.25, -0.2) is 9.78 Å². The van der Waals surface area contributed by atoms with Crippen molar-refractivity contribution in [1.82, 2.24) is 25.1 Å². The molecule has 1 aromatic carbocycles. The Bertz CT molecular complexity index is 935. The molecule has 0 radical (unpaired) electrons. The molecule has 0 spiro atoms. The van der Waals surface area contributed by atoms with Crippen LogP contribution in [0.4, 0.5) is 10.5 Å². The van der Waals surface area contributed by atoms with Crippen LogP contribution in [0.5, 0.6) is 11.5 Å². The molecule has 1 fully saturated rings. The van der Waals surface area contributed by atoms with Crippen molar-refractivity contribution in [2.75, 3.05) is 18.4 Å². The lowest BCUT2D eigenvalue weighted by atomic mass is 9.96. The van der Waals surface area contributed by atoms with Crippen molar-refractivity contribution in [1.29, 1.82) is 0 Å². The molecule has 4 rings (SSSR count). The molecule has 2 aromatic heterocycles. The zero-order valence-corrected chi connectivity index (χ0v) is 15.6. The number of aromatic nitrogens is 4. The maximum absolute atomic E-state index is 12.7. The third-order valence-electron chi connectivity index (χ3n) is 4.75. The summed E-state index contributed by atoms with van der Waals surface area (Å²) in [4.78, 5) is 23.0. The van der Waals surface area contributed by atoms with Gasteiger partial charge in [0.1, 0.15) is 11.6 Å². The van der Waals surface area contributed by atoms with E-state index in [-0.39, 0.29) is 11.9 Å². The molecule has 0 aliphatic carbocycles. The van der Waals surface area contributed by atoms with Gasteiger partial charge in [0.25, 0.3) is 0 Å². The Morgan fingerprint density at radius 2 is 2.04 bits per heavy atom.